The van der Waals surface area contributed by atoms with E-state index < -0.39 is 0 Å². The highest BCUT2D eigenvalue weighted by Gasteiger charge is 2.24. The number of aromatic nitrogens is 1. The zero-order valence-electron chi connectivity index (χ0n) is 12.7. The molecule has 1 aliphatic rings. The first-order chi connectivity index (χ1) is 10.8. The fourth-order valence-electron chi connectivity index (χ4n) is 2.77. The molecule has 0 bridgehead atoms. The van der Waals surface area contributed by atoms with Crippen LogP contribution in [0.25, 0.3) is 10.2 Å². The van der Waals surface area contributed by atoms with E-state index in [-0.39, 0.29) is 0 Å². The van der Waals surface area contributed by atoms with Crippen molar-refractivity contribution in [1.82, 2.24) is 15.2 Å². The second kappa shape index (κ2) is 7.35. The minimum absolute atomic E-state index is 0.565. The summed E-state index contributed by atoms with van der Waals surface area (Å²) >= 11 is 7.28. The van der Waals surface area contributed by atoms with E-state index in [0.717, 1.165) is 43.1 Å². The van der Waals surface area contributed by atoms with Crippen LogP contribution in [0, 0.1) is 0 Å². The topological polar surface area (TPSA) is 37.4 Å². The number of nitrogens with zero attached hydrogens (tertiary/aromatic N) is 2. The quantitative estimate of drug-likeness (QED) is 0.687. The Balaban J connectivity index is 1.56. The molecule has 0 unspecified atom stereocenters. The van der Waals surface area contributed by atoms with Crippen molar-refractivity contribution in [3.63, 3.8) is 0 Å². The number of thiocarbonyl (C=S) groups is 1. The minimum Gasteiger partial charge on any atom is -0.383 e. The Hall–Kier alpha value is -1.24. The molecule has 0 saturated carbocycles. The van der Waals surface area contributed by atoms with Gasteiger partial charge in [0.05, 0.1) is 21.8 Å². The highest BCUT2D eigenvalue weighted by atomic mass is 32.1. The summed E-state index contributed by atoms with van der Waals surface area (Å²) in [5.74, 6) is 0.565. The summed E-state index contributed by atoms with van der Waals surface area (Å²) in [6.45, 7) is 3.45. The van der Waals surface area contributed by atoms with Crippen LogP contribution >= 0.6 is 23.6 Å². The summed E-state index contributed by atoms with van der Waals surface area (Å²) in [6.07, 6.45) is 2.23. The van der Waals surface area contributed by atoms with Crippen LogP contribution in [0.4, 0.5) is 0 Å². The van der Waals surface area contributed by atoms with Gasteiger partial charge in [0.15, 0.2) is 5.11 Å². The Morgan fingerprint density at radius 3 is 2.91 bits per heavy atom. The van der Waals surface area contributed by atoms with Gasteiger partial charge >= 0.3 is 0 Å². The van der Waals surface area contributed by atoms with Gasteiger partial charge in [-0.05, 0) is 37.2 Å². The molecule has 1 N–H and O–H groups in total. The first-order valence-electron chi connectivity index (χ1n) is 7.65. The molecule has 0 spiro atoms. The molecule has 0 amide bonds. The third-order valence-electron chi connectivity index (χ3n) is 4.02. The van der Waals surface area contributed by atoms with Gasteiger partial charge in [-0.15, -0.1) is 11.3 Å². The zero-order chi connectivity index (χ0) is 15.4. The summed E-state index contributed by atoms with van der Waals surface area (Å²) in [6, 6.07) is 8.38. The van der Waals surface area contributed by atoms with E-state index in [0.29, 0.717) is 12.5 Å². The van der Waals surface area contributed by atoms with Crippen LogP contribution < -0.4 is 5.32 Å². The number of benzene rings is 1. The van der Waals surface area contributed by atoms with Gasteiger partial charge in [0.2, 0.25) is 0 Å². The molecule has 0 aliphatic carbocycles. The van der Waals surface area contributed by atoms with Crippen molar-refractivity contribution >= 4 is 38.9 Å². The number of piperidine rings is 1. The Morgan fingerprint density at radius 1 is 1.41 bits per heavy atom. The van der Waals surface area contributed by atoms with Gasteiger partial charge in [-0.2, -0.15) is 0 Å². The molecule has 1 aromatic carbocycles. The van der Waals surface area contributed by atoms with Crippen molar-refractivity contribution in [2.75, 3.05) is 33.4 Å². The van der Waals surface area contributed by atoms with Crippen molar-refractivity contribution < 1.29 is 4.74 Å². The third kappa shape index (κ3) is 3.56. The number of likely N-dealkylation sites (tertiary alicyclic amines) is 1. The normalized spacial score (nSPS) is 16.1. The van der Waals surface area contributed by atoms with Crippen LogP contribution in [0.5, 0.6) is 0 Å². The second-order valence-corrected chi connectivity index (χ2v) is 6.95. The highest BCUT2D eigenvalue weighted by molar-refractivity contribution is 7.80. The number of thiazole rings is 1. The maximum absolute atomic E-state index is 5.44. The molecule has 0 atom stereocenters. The molecule has 1 fully saturated rings. The van der Waals surface area contributed by atoms with Gasteiger partial charge in [0, 0.05) is 32.7 Å². The van der Waals surface area contributed by atoms with E-state index in [2.05, 4.69) is 34.5 Å². The Labute approximate surface area is 140 Å². The Kier molecular flexibility index (Phi) is 5.23. The average Bonchev–Trinajstić information content (AvgIpc) is 2.99. The summed E-state index contributed by atoms with van der Waals surface area (Å²) in [7, 11) is 1.70. The standard InChI is InChI=1S/C16H21N3OS2/c1-20-11-8-17-16(21)19-9-6-12(7-10-19)15-18-13-4-2-3-5-14(13)22-15/h2-5,12H,6-11H2,1H3,(H,17,21). The molecular formula is C16H21N3OS2. The summed E-state index contributed by atoms with van der Waals surface area (Å²) in [4.78, 5) is 7.06. The van der Waals surface area contributed by atoms with Crippen LogP contribution in [0.1, 0.15) is 23.8 Å². The summed E-state index contributed by atoms with van der Waals surface area (Å²) in [5.41, 5.74) is 1.13. The van der Waals surface area contributed by atoms with E-state index in [4.69, 9.17) is 21.9 Å². The van der Waals surface area contributed by atoms with E-state index in [1.165, 1.54) is 9.71 Å². The van der Waals surface area contributed by atoms with Crippen molar-refractivity contribution in [1.29, 1.82) is 0 Å². The molecule has 2 aromatic rings. The molecule has 0 radical (unpaired) electrons. The number of hydrogen-bond acceptors (Lipinski definition) is 4. The number of methoxy groups -OCH3 is 1. The SMILES string of the molecule is COCCNC(=S)N1CCC(c2nc3ccccc3s2)CC1. The van der Waals surface area contributed by atoms with E-state index in [1.807, 2.05) is 11.3 Å². The number of ether oxygens (including phenoxy) is 1. The molecular weight excluding hydrogens is 314 g/mol. The molecule has 2 heterocycles. The van der Waals surface area contributed by atoms with Crippen LogP contribution in [-0.4, -0.2) is 48.3 Å². The van der Waals surface area contributed by atoms with Crippen molar-refractivity contribution in [2.45, 2.75) is 18.8 Å². The van der Waals surface area contributed by atoms with Crippen molar-refractivity contribution in [2.24, 2.45) is 0 Å². The maximum Gasteiger partial charge on any atom is 0.169 e. The average molecular weight is 335 g/mol. The van der Waals surface area contributed by atoms with Crippen LogP contribution in [0.15, 0.2) is 24.3 Å². The molecule has 1 aromatic heterocycles. The van der Waals surface area contributed by atoms with Crippen LogP contribution in [-0.2, 0) is 4.74 Å². The predicted molar refractivity (Wildman–Crippen MR) is 95.6 cm³/mol. The minimum atomic E-state index is 0.565. The monoisotopic (exact) mass is 335 g/mol. The fraction of sp³-hybridized carbons (Fsp3) is 0.500. The molecule has 22 heavy (non-hydrogen) atoms. The van der Waals surface area contributed by atoms with E-state index in [1.54, 1.807) is 7.11 Å². The second-order valence-electron chi connectivity index (χ2n) is 5.51. The largest absolute Gasteiger partial charge is 0.383 e. The van der Waals surface area contributed by atoms with Crippen molar-refractivity contribution in [3.05, 3.63) is 29.3 Å². The van der Waals surface area contributed by atoms with Gasteiger partial charge in [-0.3, -0.25) is 0 Å². The molecule has 6 heteroatoms. The van der Waals surface area contributed by atoms with Gasteiger partial charge < -0.3 is 15.0 Å². The zero-order valence-corrected chi connectivity index (χ0v) is 14.4. The van der Waals surface area contributed by atoms with Crippen molar-refractivity contribution in [3.8, 4) is 0 Å². The number of hydrogen-bond donors (Lipinski definition) is 1. The lowest BCUT2D eigenvalue weighted by atomic mass is 9.98. The number of fused-ring (bicyclic) bond motifs is 1. The lowest BCUT2D eigenvalue weighted by Crippen LogP contribution is -2.44. The van der Waals surface area contributed by atoms with E-state index >= 15 is 0 Å². The predicted octanol–water partition coefficient (Wildman–Crippen LogP) is 3.00. The lowest BCUT2D eigenvalue weighted by molar-refractivity contribution is 0.202. The fourth-order valence-corrected chi connectivity index (χ4v) is 4.19. The smallest absolute Gasteiger partial charge is 0.169 e. The first kappa shape index (κ1) is 15.6. The number of rotatable bonds is 4. The molecule has 1 saturated heterocycles. The summed E-state index contributed by atoms with van der Waals surface area (Å²) in [5, 5.41) is 5.37. The Morgan fingerprint density at radius 2 is 2.18 bits per heavy atom. The Bertz CT molecular complexity index is 602. The highest BCUT2D eigenvalue weighted by Crippen LogP contribution is 2.33. The lowest BCUT2D eigenvalue weighted by Gasteiger charge is -2.33. The molecule has 3 rings (SSSR count). The molecule has 118 valence electrons. The number of para-hydroxylation sites is 1. The van der Waals surface area contributed by atoms with Gasteiger partial charge in [-0.1, -0.05) is 12.1 Å². The number of nitrogens with one attached hydrogen (secondary N) is 1. The molecule has 4 nitrogen and oxygen atoms in total. The van der Waals surface area contributed by atoms with Gasteiger partial charge in [-0.25, -0.2) is 4.98 Å². The van der Waals surface area contributed by atoms with Gasteiger partial charge in [0.25, 0.3) is 0 Å². The molecule has 1 aliphatic heterocycles. The van der Waals surface area contributed by atoms with E-state index in [9.17, 15) is 0 Å². The summed E-state index contributed by atoms with van der Waals surface area (Å²) < 4.78 is 6.32. The van der Waals surface area contributed by atoms with Gasteiger partial charge in [0.1, 0.15) is 0 Å². The van der Waals surface area contributed by atoms with Crippen LogP contribution in [0.3, 0.4) is 0 Å². The maximum atomic E-state index is 5.44. The van der Waals surface area contributed by atoms with Crippen LogP contribution in [0.2, 0.25) is 0 Å². The third-order valence-corrected chi connectivity index (χ3v) is 5.63. The first-order valence-corrected chi connectivity index (χ1v) is 8.87.